The minimum Gasteiger partial charge on any atom is -0.126 e. The van der Waals surface area contributed by atoms with E-state index in [4.69, 9.17) is 33.2 Å². The summed E-state index contributed by atoms with van der Waals surface area (Å²) in [5, 5.41) is 0. The van der Waals surface area contributed by atoms with Crippen LogP contribution in [-0.4, -0.2) is 6.00 Å². The van der Waals surface area contributed by atoms with Gasteiger partial charge in [-0.25, -0.2) is 0 Å². The van der Waals surface area contributed by atoms with E-state index in [2.05, 4.69) is 6.92 Å². The Morgan fingerprint density at radius 1 is 1.08 bits per heavy atom. The van der Waals surface area contributed by atoms with Gasteiger partial charge in [0.05, 0.1) is 0 Å². The molecule has 0 saturated heterocycles. The maximum Gasteiger partial charge on any atom is 0.344 e. The SMILES string of the molecule is CC(C1CCCCC1)[Si](Cl)(Cl)Cl. The van der Waals surface area contributed by atoms with Crippen molar-refractivity contribution in [3.8, 4) is 0 Å². The second-order valence-corrected chi connectivity index (χ2v) is 12.8. The molecule has 1 aliphatic carbocycles. The van der Waals surface area contributed by atoms with Crippen molar-refractivity contribution >= 4 is 39.2 Å². The lowest BCUT2D eigenvalue weighted by molar-refractivity contribution is 0.348. The molecule has 0 heterocycles. The molecule has 0 aromatic heterocycles. The van der Waals surface area contributed by atoms with Crippen LogP contribution in [0.4, 0.5) is 0 Å². The summed E-state index contributed by atoms with van der Waals surface area (Å²) in [4.78, 5) is 0. The number of rotatable bonds is 2. The lowest BCUT2D eigenvalue weighted by Gasteiger charge is -2.30. The molecule has 0 radical (unpaired) electrons. The molecule has 72 valence electrons. The normalized spacial score (nSPS) is 24.0. The third kappa shape index (κ3) is 3.10. The van der Waals surface area contributed by atoms with Crippen molar-refractivity contribution in [1.29, 1.82) is 0 Å². The fourth-order valence-electron chi connectivity index (χ4n) is 1.90. The Kier molecular flexibility index (Phi) is 4.22. The van der Waals surface area contributed by atoms with Gasteiger partial charge in [0, 0.05) is 0 Å². The second-order valence-electron chi connectivity index (χ2n) is 3.73. The fourth-order valence-corrected chi connectivity index (χ4v) is 4.37. The zero-order valence-corrected chi connectivity index (χ0v) is 10.6. The highest BCUT2D eigenvalue weighted by Gasteiger charge is 2.38. The van der Waals surface area contributed by atoms with Gasteiger partial charge >= 0.3 is 6.00 Å². The van der Waals surface area contributed by atoms with Gasteiger partial charge < -0.3 is 0 Å². The molecule has 4 heteroatoms. The maximum absolute atomic E-state index is 5.99. The summed E-state index contributed by atoms with van der Waals surface area (Å²) >= 11 is 18.0. The van der Waals surface area contributed by atoms with Crippen LogP contribution in [0.5, 0.6) is 0 Å². The highest BCUT2D eigenvalue weighted by molar-refractivity contribution is 7.65. The number of hydrogen-bond acceptors (Lipinski definition) is 0. The van der Waals surface area contributed by atoms with Crippen LogP contribution in [0.2, 0.25) is 5.54 Å². The minimum absolute atomic E-state index is 0.336. The monoisotopic (exact) mass is 244 g/mol. The average molecular weight is 246 g/mol. The predicted molar refractivity (Wildman–Crippen MR) is 59.3 cm³/mol. The Morgan fingerprint density at radius 2 is 1.58 bits per heavy atom. The van der Waals surface area contributed by atoms with Crippen molar-refractivity contribution in [3.05, 3.63) is 0 Å². The van der Waals surface area contributed by atoms with E-state index in [0.717, 1.165) is 0 Å². The summed E-state index contributed by atoms with van der Waals surface area (Å²) in [5.41, 5.74) is 0.336. The Balaban J connectivity index is 2.45. The second kappa shape index (κ2) is 4.54. The third-order valence-corrected chi connectivity index (χ3v) is 7.48. The molecule has 1 saturated carbocycles. The highest BCUT2D eigenvalue weighted by atomic mass is 35.8. The van der Waals surface area contributed by atoms with Gasteiger partial charge in [0.25, 0.3) is 0 Å². The predicted octanol–water partition coefficient (Wildman–Crippen LogP) is 4.61. The molecule has 1 unspecified atom stereocenters. The molecule has 1 atom stereocenters. The quantitative estimate of drug-likeness (QED) is 0.492. The van der Waals surface area contributed by atoms with Gasteiger partial charge in [-0.1, -0.05) is 39.0 Å². The van der Waals surface area contributed by atoms with E-state index in [-0.39, 0.29) is 0 Å². The first-order valence-corrected chi connectivity index (χ1v) is 9.70. The van der Waals surface area contributed by atoms with Gasteiger partial charge in [-0.2, -0.15) is 0 Å². The van der Waals surface area contributed by atoms with Gasteiger partial charge in [0.15, 0.2) is 0 Å². The van der Waals surface area contributed by atoms with Crippen LogP contribution in [0.25, 0.3) is 0 Å². The summed E-state index contributed by atoms with van der Waals surface area (Å²) in [7, 11) is 0. The van der Waals surface area contributed by atoms with Gasteiger partial charge in [0.1, 0.15) is 0 Å². The van der Waals surface area contributed by atoms with Crippen molar-refractivity contribution in [2.24, 2.45) is 5.92 Å². The Morgan fingerprint density at radius 3 is 2.00 bits per heavy atom. The molecule has 0 aliphatic heterocycles. The summed E-state index contributed by atoms with van der Waals surface area (Å²) in [5.74, 6) is 0.679. The lowest BCUT2D eigenvalue weighted by atomic mass is 9.87. The largest absolute Gasteiger partial charge is 0.344 e. The standard InChI is InChI=1S/C8H15Cl3Si/c1-7(12(9,10)11)8-5-3-2-4-6-8/h7-8H,2-6H2,1H3. The molecule has 0 spiro atoms. The summed E-state index contributed by atoms with van der Waals surface area (Å²) < 4.78 is 0. The molecule has 0 aromatic rings. The van der Waals surface area contributed by atoms with Crippen molar-refractivity contribution in [2.75, 3.05) is 0 Å². The zero-order valence-electron chi connectivity index (χ0n) is 7.32. The Bertz CT molecular complexity index is 138. The van der Waals surface area contributed by atoms with Crippen LogP contribution < -0.4 is 0 Å². The van der Waals surface area contributed by atoms with Gasteiger partial charge in [-0.3, -0.25) is 0 Å². The first-order chi connectivity index (χ1) is 5.52. The van der Waals surface area contributed by atoms with E-state index in [0.29, 0.717) is 11.5 Å². The number of hydrogen-bond donors (Lipinski definition) is 0. The molecule has 0 bridgehead atoms. The van der Waals surface area contributed by atoms with Crippen molar-refractivity contribution in [3.63, 3.8) is 0 Å². The molecular formula is C8H15Cl3Si. The van der Waals surface area contributed by atoms with Crippen LogP contribution in [0, 0.1) is 5.92 Å². The van der Waals surface area contributed by atoms with Crippen molar-refractivity contribution in [1.82, 2.24) is 0 Å². The molecular weight excluding hydrogens is 231 g/mol. The number of halogens is 3. The smallest absolute Gasteiger partial charge is 0.126 e. The van der Waals surface area contributed by atoms with Crippen LogP contribution in [-0.2, 0) is 0 Å². The molecule has 0 aromatic carbocycles. The molecule has 0 N–H and O–H groups in total. The fraction of sp³-hybridized carbons (Fsp3) is 1.00. The van der Waals surface area contributed by atoms with E-state index in [1.165, 1.54) is 32.1 Å². The molecule has 1 rings (SSSR count). The van der Waals surface area contributed by atoms with E-state index >= 15 is 0 Å². The maximum atomic E-state index is 5.99. The van der Waals surface area contributed by atoms with E-state index in [1.54, 1.807) is 0 Å². The van der Waals surface area contributed by atoms with E-state index in [9.17, 15) is 0 Å². The van der Waals surface area contributed by atoms with Gasteiger partial charge in [-0.05, 0) is 11.5 Å². The van der Waals surface area contributed by atoms with Crippen LogP contribution in [0.15, 0.2) is 0 Å². The summed E-state index contributed by atoms with van der Waals surface area (Å²) in [6, 6.07) is -2.43. The third-order valence-electron chi connectivity index (χ3n) is 2.87. The highest BCUT2D eigenvalue weighted by Crippen LogP contribution is 2.44. The lowest BCUT2D eigenvalue weighted by Crippen LogP contribution is -2.26. The molecule has 12 heavy (non-hydrogen) atoms. The molecule has 0 amide bonds. The van der Waals surface area contributed by atoms with Crippen molar-refractivity contribution in [2.45, 2.75) is 44.6 Å². The minimum atomic E-state index is -2.43. The zero-order chi connectivity index (χ0) is 9.19. The van der Waals surface area contributed by atoms with Crippen LogP contribution >= 0.6 is 33.2 Å². The first-order valence-electron chi connectivity index (χ1n) is 4.58. The Hall–Kier alpha value is 1.09. The van der Waals surface area contributed by atoms with Gasteiger partial charge in [0.2, 0.25) is 0 Å². The molecule has 1 aliphatic rings. The van der Waals surface area contributed by atoms with Gasteiger partial charge in [-0.15, -0.1) is 33.2 Å². The van der Waals surface area contributed by atoms with Crippen molar-refractivity contribution < 1.29 is 0 Å². The van der Waals surface area contributed by atoms with Crippen LogP contribution in [0.3, 0.4) is 0 Å². The van der Waals surface area contributed by atoms with E-state index < -0.39 is 6.00 Å². The molecule has 0 nitrogen and oxygen atoms in total. The topological polar surface area (TPSA) is 0 Å². The first kappa shape index (κ1) is 11.2. The summed E-state index contributed by atoms with van der Waals surface area (Å²) in [6.45, 7) is 2.11. The molecule has 1 fully saturated rings. The van der Waals surface area contributed by atoms with E-state index in [1.807, 2.05) is 0 Å². The van der Waals surface area contributed by atoms with Crippen LogP contribution in [0.1, 0.15) is 39.0 Å². The Labute approximate surface area is 89.7 Å². The summed E-state index contributed by atoms with van der Waals surface area (Å²) in [6.07, 6.45) is 6.54. The average Bonchev–Trinajstić information content (AvgIpc) is 2.03.